The Balaban J connectivity index is 1.97. The molecule has 4 atom stereocenters. The van der Waals surface area contributed by atoms with E-state index in [-0.39, 0.29) is 31.1 Å². The fourth-order valence-electron chi connectivity index (χ4n) is 2.14. The Labute approximate surface area is 95.0 Å². The maximum atomic E-state index is 11.6. The average molecular weight is 251 g/mol. The largest absolute Gasteiger partial charge is 0.388 e. The van der Waals surface area contributed by atoms with E-state index in [4.69, 9.17) is 9.47 Å². The van der Waals surface area contributed by atoms with E-state index in [1.165, 1.54) is 0 Å². The summed E-state index contributed by atoms with van der Waals surface area (Å²) >= 11 is 0. The van der Waals surface area contributed by atoms with Crippen molar-refractivity contribution in [2.75, 3.05) is 19.0 Å². The second kappa shape index (κ2) is 4.58. The molecule has 2 fully saturated rings. The molecule has 16 heavy (non-hydrogen) atoms. The lowest BCUT2D eigenvalue weighted by atomic mass is 10.1. The fraction of sp³-hybridized carbons (Fsp3) is 1.00. The zero-order valence-corrected chi connectivity index (χ0v) is 9.94. The molecule has 0 radical (unpaired) electrons. The van der Waals surface area contributed by atoms with Crippen LogP contribution >= 0.6 is 0 Å². The van der Waals surface area contributed by atoms with Gasteiger partial charge < -0.3 is 14.6 Å². The first-order valence-corrected chi connectivity index (χ1v) is 7.10. The molecular formula is C9H17NO5S. The van der Waals surface area contributed by atoms with E-state index in [0.717, 1.165) is 0 Å². The molecule has 0 aromatic rings. The van der Waals surface area contributed by atoms with Crippen LogP contribution in [0.4, 0.5) is 0 Å². The van der Waals surface area contributed by atoms with Crippen LogP contribution in [0.1, 0.15) is 13.3 Å². The number of sulfonamides is 1. The number of fused-ring (bicyclic) bond motifs is 1. The SMILES string of the molecule is CCCS(=O)(=O)NC1COC2C(O)COC12. The van der Waals surface area contributed by atoms with Crippen molar-refractivity contribution in [3.8, 4) is 0 Å². The van der Waals surface area contributed by atoms with Crippen LogP contribution in [-0.4, -0.2) is 56.8 Å². The quantitative estimate of drug-likeness (QED) is 0.658. The summed E-state index contributed by atoms with van der Waals surface area (Å²) in [6.07, 6.45) is -0.831. The molecule has 0 aromatic heterocycles. The molecule has 2 heterocycles. The number of aliphatic hydroxyl groups is 1. The molecule has 0 bridgehead atoms. The van der Waals surface area contributed by atoms with Gasteiger partial charge in [-0.15, -0.1) is 0 Å². The van der Waals surface area contributed by atoms with Crippen LogP contribution in [0.25, 0.3) is 0 Å². The van der Waals surface area contributed by atoms with E-state index in [1.807, 2.05) is 6.92 Å². The van der Waals surface area contributed by atoms with Crippen LogP contribution in [0.15, 0.2) is 0 Å². The third-order valence-corrected chi connectivity index (χ3v) is 4.44. The van der Waals surface area contributed by atoms with Crippen LogP contribution < -0.4 is 4.72 Å². The molecule has 0 aliphatic carbocycles. The molecule has 2 saturated heterocycles. The number of nitrogens with one attached hydrogen (secondary N) is 1. The minimum absolute atomic E-state index is 0.101. The van der Waals surface area contributed by atoms with Gasteiger partial charge in [0.05, 0.1) is 25.0 Å². The maximum absolute atomic E-state index is 11.6. The Kier molecular flexibility index (Phi) is 3.50. The summed E-state index contributed by atoms with van der Waals surface area (Å²) in [5.41, 5.74) is 0. The summed E-state index contributed by atoms with van der Waals surface area (Å²) in [6.45, 7) is 2.28. The highest BCUT2D eigenvalue weighted by Gasteiger charge is 2.48. The highest BCUT2D eigenvalue weighted by Crippen LogP contribution is 2.27. The summed E-state index contributed by atoms with van der Waals surface area (Å²) in [5, 5.41) is 9.49. The molecule has 0 spiro atoms. The van der Waals surface area contributed by atoms with E-state index in [2.05, 4.69) is 4.72 Å². The first-order chi connectivity index (χ1) is 7.53. The molecule has 2 aliphatic heterocycles. The Bertz CT molecular complexity index is 344. The first kappa shape index (κ1) is 12.3. The molecule has 6 nitrogen and oxygen atoms in total. The highest BCUT2D eigenvalue weighted by atomic mass is 32.2. The molecule has 0 amide bonds. The number of ether oxygens (including phenoxy) is 2. The highest BCUT2D eigenvalue weighted by molar-refractivity contribution is 7.89. The predicted molar refractivity (Wildman–Crippen MR) is 56.5 cm³/mol. The van der Waals surface area contributed by atoms with Crippen molar-refractivity contribution in [1.29, 1.82) is 0 Å². The van der Waals surface area contributed by atoms with Gasteiger partial charge in [-0.3, -0.25) is 0 Å². The third-order valence-electron chi connectivity index (χ3n) is 2.83. The first-order valence-electron chi connectivity index (χ1n) is 5.45. The lowest BCUT2D eigenvalue weighted by Gasteiger charge is -2.17. The van der Waals surface area contributed by atoms with Gasteiger partial charge in [0.15, 0.2) is 0 Å². The number of hydrogen-bond acceptors (Lipinski definition) is 5. The van der Waals surface area contributed by atoms with Crippen molar-refractivity contribution in [3.05, 3.63) is 0 Å². The van der Waals surface area contributed by atoms with Crippen LogP contribution in [-0.2, 0) is 19.5 Å². The van der Waals surface area contributed by atoms with Crippen LogP contribution in [0, 0.1) is 0 Å². The van der Waals surface area contributed by atoms with Gasteiger partial charge in [-0.05, 0) is 6.42 Å². The number of aliphatic hydroxyl groups excluding tert-OH is 1. The van der Waals surface area contributed by atoms with Gasteiger partial charge in [-0.1, -0.05) is 6.92 Å². The van der Waals surface area contributed by atoms with Crippen LogP contribution in [0.5, 0.6) is 0 Å². The Morgan fingerprint density at radius 2 is 2.00 bits per heavy atom. The van der Waals surface area contributed by atoms with Crippen molar-refractivity contribution in [2.45, 2.75) is 37.7 Å². The predicted octanol–water partition coefficient (Wildman–Crippen LogP) is -1.16. The molecule has 2 N–H and O–H groups in total. The topological polar surface area (TPSA) is 84.9 Å². The second-order valence-electron chi connectivity index (χ2n) is 4.21. The normalized spacial score (nSPS) is 38.9. The van der Waals surface area contributed by atoms with Crippen molar-refractivity contribution in [2.24, 2.45) is 0 Å². The standard InChI is InChI=1S/C9H17NO5S/c1-2-3-16(12,13)10-6-4-14-9-7(11)5-15-8(6)9/h6-11H,2-5H2,1H3. The van der Waals surface area contributed by atoms with Gasteiger partial charge in [-0.25, -0.2) is 13.1 Å². The minimum atomic E-state index is -3.26. The van der Waals surface area contributed by atoms with Gasteiger partial charge in [0.25, 0.3) is 0 Å². The Morgan fingerprint density at radius 1 is 1.31 bits per heavy atom. The average Bonchev–Trinajstić information content (AvgIpc) is 2.71. The molecule has 0 saturated carbocycles. The summed E-state index contributed by atoms with van der Waals surface area (Å²) < 4.78 is 36.4. The van der Waals surface area contributed by atoms with Gasteiger partial charge in [0, 0.05) is 0 Å². The lowest BCUT2D eigenvalue weighted by molar-refractivity contribution is 0.0181. The molecule has 4 unspecified atom stereocenters. The Hall–Kier alpha value is -0.210. The van der Waals surface area contributed by atoms with Gasteiger partial charge in [-0.2, -0.15) is 0 Å². The van der Waals surface area contributed by atoms with Crippen molar-refractivity contribution in [1.82, 2.24) is 4.72 Å². The number of rotatable bonds is 4. The van der Waals surface area contributed by atoms with Gasteiger partial charge in [0.1, 0.15) is 18.3 Å². The Morgan fingerprint density at radius 3 is 2.69 bits per heavy atom. The zero-order chi connectivity index (χ0) is 11.8. The summed E-state index contributed by atoms with van der Waals surface area (Å²) in [4.78, 5) is 0. The fourth-order valence-corrected chi connectivity index (χ4v) is 3.46. The summed E-state index contributed by atoms with van der Waals surface area (Å²) in [5.74, 6) is 0.101. The van der Waals surface area contributed by atoms with Gasteiger partial charge in [0.2, 0.25) is 10.0 Å². The summed E-state index contributed by atoms with van der Waals surface area (Å²) in [7, 11) is -3.26. The van der Waals surface area contributed by atoms with Crippen LogP contribution in [0.3, 0.4) is 0 Å². The third kappa shape index (κ3) is 2.38. The molecule has 2 rings (SSSR count). The molecule has 94 valence electrons. The van der Waals surface area contributed by atoms with E-state index in [0.29, 0.717) is 6.42 Å². The monoisotopic (exact) mass is 251 g/mol. The van der Waals surface area contributed by atoms with E-state index in [1.54, 1.807) is 0 Å². The molecular weight excluding hydrogens is 234 g/mol. The van der Waals surface area contributed by atoms with Crippen molar-refractivity contribution < 1.29 is 23.0 Å². The van der Waals surface area contributed by atoms with E-state index in [9.17, 15) is 13.5 Å². The lowest BCUT2D eigenvalue weighted by Crippen LogP contribution is -2.44. The minimum Gasteiger partial charge on any atom is -0.388 e. The second-order valence-corrected chi connectivity index (χ2v) is 6.08. The summed E-state index contributed by atoms with van der Waals surface area (Å²) in [6, 6.07) is -0.376. The zero-order valence-electron chi connectivity index (χ0n) is 9.13. The molecule has 7 heteroatoms. The smallest absolute Gasteiger partial charge is 0.212 e. The van der Waals surface area contributed by atoms with E-state index < -0.39 is 22.2 Å². The van der Waals surface area contributed by atoms with Crippen molar-refractivity contribution >= 4 is 10.0 Å². The van der Waals surface area contributed by atoms with E-state index >= 15 is 0 Å². The maximum Gasteiger partial charge on any atom is 0.212 e. The molecule has 0 aromatic carbocycles. The molecule has 2 aliphatic rings. The van der Waals surface area contributed by atoms with Crippen molar-refractivity contribution in [3.63, 3.8) is 0 Å². The number of hydrogen-bond donors (Lipinski definition) is 2. The van der Waals surface area contributed by atoms with Gasteiger partial charge >= 0.3 is 0 Å². The van der Waals surface area contributed by atoms with Crippen LogP contribution in [0.2, 0.25) is 0 Å².